The summed E-state index contributed by atoms with van der Waals surface area (Å²) < 4.78 is 15.7. The molecule has 3 rings (SSSR count). The van der Waals surface area contributed by atoms with Crippen LogP contribution in [0.5, 0.6) is 11.5 Å². The molecule has 0 bridgehead atoms. The molecule has 1 aromatic carbocycles. The highest BCUT2D eigenvalue weighted by molar-refractivity contribution is 5.96. The zero-order valence-corrected chi connectivity index (χ0v) is 17.1. The summed E-state index contributed by atoms with van der Waals surface area (Å²) >= 11 is 0. The van der Waals surface area contributed by atoms with Crippen LogP contribution in [0.2, 0.25) is 0 Å². The van der Waals surface area contributed by atoms with E-state index in [2.05, 4.69) is 5.32 Å². The molecular formula is C21H28N2O6. The minimum absolute atomic E-state index is 0.00119. The van der Waals surface area contributed by atoms with Gasteiger partial charge in [-0.25, -0.2) is 0 Å². The van der Waals surface area contributed by atoms with E-state index in [-0.39, 0.29) is 18.4 Å². The number of benzene rings is 1. The monoisotopic (exact) mass is 404 g/mol. The van der Waals surface area contributed by atoms with Gasteiger partial charge in [0.25, 0.3) is 5.91 Å². The summed E-state index contributed by atoms with van der Waals surface area (Å²) in [6, 6.07) is 5.21. The van der Waals surface area contributed by atoms with Crippen molar-refractivity contribution in [3.63, 3.8) is 0 Å². The predicted molar refractivity (Wildman–Crippen MR) is 106 cm³/mol. The molecule has 0 spiro atoms. The number of likely N-dealkylation sites (tertiary alicyclic amines) is 1. The second-order valence-corrected chi connectivity index (χ2v) is 7.52. The molecule has 1 aliphatic carbocycles. The maximum atomic E-state index is 12.5. The van der Waals surface area contributed by atoms with Gasteiger partial charge in [0.1, 0.15) is 0 Å². The van der Waals surface area contributed by atoms with Crippen molar-refractivity contribution in [1.29, 1.82) is 0 Å². The molecule has 1 heterocycles. The van der Waals surface area contributed by atoms with Crippen LogP contribution in [0.25, 0.3) is 0 Å². The highest BCUT2D eigenvalue weighted by Gasteiger charge is 2.40. The van der Waals surface area contributed by atoms with Crippen LogP contribution in [-0.4, -0.2) is 55.6 Å². The number of hydrogen-bond donors (Lipinski definition) is 1. The Morgan fingerprint density at radius 3 is 2.48 bits per heavy atom. The van der Waals surface area contributed by atoms with E-state index in [0.29, 0.717) is 23.7 Å². The van der Waals surface area contributed by atoms with Gasteiger partial charge in [-0.05, 0) is 31.9 Å². The zero-order valence-electron chi connectivity index (χ0n) is 17.1. The van der Waals surface area contributed by atoms with Crippen molar-refractivity contribution in [3.05, 3.63) is 18.2 Å². The van der Waals surface area contributed by atoms with E-state index < -0.39 is 23.9 Å². The number of amides is 2. The zero-order chi connectivity index (χ0) is 21.0. The lowest BCUT2D eigenvalue weighted by molar-refractivity contribution is -0.157. The van der Waals surface area contributed by atoms with Crippen LogP contribution in [0, 0.1) is 5.92 Å². The number of carbonyl (C=O) groups excluding carboxylic acids is 3. The number of methoxy groups -OCH3 is 2. The van der Waals surface area contributed by atoms with Crippen LogP contribution in [-0.2, 0) is 19.1 Å². The van der Waals surface area contributed by atoms with Crippen LogP contribution >= 0.6 is 0 Å². The first-order chi connectivity index (χ1) is 13.9. The molecule has 2 aliphatic rings. The quantitative estimate of drug-likeness (QED) is 0.701. The summed E-state index contributed by atoms with van der Waals surface area (Å²) in [6.07, 6.45) is 3.41. The molecule has 1 aliphatic heterocycles. The highest BCUT2D eigenvalue weighted by Crippen LogP contribution is 2.31. The van der Waals surface area contributed by atoms with Crippen LogP contribution in [0.4, 0.5) is 5.69 Å². The second-order valence-electron chi connectivity index (χ2n) is 7.52. The predicted octanol–water partition coefficient (Wildman–Crippen LogP) is 2.37. The van der Waals surface area contributed by atoms with Crippen LogP contribution < -0.4 is 14.8 Å². The van der Waals surface area contributed by atoms with Gasteiger partial charge in [0, 0.05) is 30.8 Å². The first-order valence-electron chi connectivity index (χ1n) is 9.95. The Labute approximate surface area is 170 Å². The first-order valence-corrected chi connectivity index (χ1v) is 9.95. The molecule has 1 aromatic rings. The van der Waals surface area contributed by atoms with E-state index in [1.165, 1.54) is 21.1 Å². The summed E-state index contributed by atoms with van der Waals surface area (Å²) in [5, 5.41) is 2.70. The normalized spacial score (nSPS) is 20.4. The minimum atomic E-state index is -0.980. The van der Waals surface area contributed by atoms with Gasteiger partial charge in [-0.15, -0.1) is 0 Å². The average Bonchev–Trinajstić information content (AvgIpc) is 3.37. The summed E-state index contributed by atoms with van der Waals surface area (Å²) in [6.45, 7) is 1.89. The topological polar surface area (TPSA) is 94.2 Å². The number of ether oxygens (including phenoxy) is 3. The number of esters is 1. The van der Waals surface area contributed by atoms with E-state index in [0.717, 1.165) is 25.7 Å². The lowest BCUT2D eigenvalue weighted by Gasteiger charge is -2.24. The van der Waals surface area contributed by atoms with Gasteiger partial charge in [-0.3, -0.25) is 14.4 Å². The Balaban J connectivity index is 1.54. The van der Waals surface area contributed by atoms with Crippen molar-refractivity contribution in [1.82, 2.24) is 4.90 Å². The number of anilines is 1. The number of nitrogens with one attached hydrogen (secondary N) is 1. The standard InChI is InChI=1S/C21H28N2O6/c1-13(20(25)22-15-8-9-17(27-2)18(11-15)28-3)29-21(26)14-10-19(24)23(12-14)16-6-4-5-7-16/h8-9,11,13-14,16H,4-7,10,12H2,1-3H3,(H,22,25)/t13-,14+/m0/s1. The van der Waals surface area contributed by atoms with Crippen molar-refractivity contribution in [2.45, 2.75) is 51.2 Å². The fourth-order valence-corrected chi connectivity index (χ4v) is 3.94. The number of rotatable bonds is 7. The molecule has 8 nitrogen and oxygen atoms in total. The lowest BCUT2D eigenvalue weighted by atomic mass is 10.1. The van der Waals surface area contributed by atoms with Crippen LogP contribution in [0.3, 0.4) is 0 Å². The van der Waals surface area contributed by atoms with Gasteiger partial charge in [0.15, 0.2) is 17.6 Å². The average molecular weight is 404 g/mol. The van der Waals surface area contributed by atoms with Crippen molar-refractivity contribution in [2.24, 2.45) is 5.92 Å². The Morgan fingerprint density at radius 2 is 1.83 bits per heavy atom. The molecule has 1 saturated carbocycles. The molecule has 2 fully saturated rings. The lowest BCUT2D eigenvalue weighted by Crippen LogP contribution is -2.36. The summed E-state index contributed by atoms with van der Waals surface area (Å²) in [5.41, 5.74) is 0.499. The fraction of sp³-hybridized carbons (Fsp3) is 0.571. The number of carbonyl (C=O) groups is 3. The molecule has 2 amide bonds. The number of hydrogen-bond acceptors (Lipinski definition) is 6. The summed E-state index contributed by atoms with van der Waals surface area (Å²) in [5.74, 6) is -0.453. The summed E-state index contributed by atoms with van der Waals surface area (Å²) in [4.78, 5) is 39.0. The van der Waals surface area contributed by atoms with Gasteiger partial charge in [-0.2, -0.15) is 0 Å². The van der Waals surface area contributed by atoms with Gasteiger partial charge in [0.05, 0.1) is 20.1 Å². The maximum Gasteiger partial charge on any atom is 0.312 e. The van der Waals surface area contributed by atoms with Crippen molar-refractivity contribution in [2.75, 3.05) is 26.1 Å². The maximum absolute atomic E-state index is 12.5. The van der Waals surface area contributed by atoms with Crippen molar-refractivity contribution < 1.29 is 28.6 Å². The molecule has 1 saturated heterocycles. The highest BCUT2D eigenvalue weighted by atomic mass is 16.5. The Bertz CT molecular complexity index is 774. The fourth-order valence-electron chi connectivity index (χ4n) is 3.94. The molecule has 29 heavy (non-hydrogen) atoms. The van der Waals surface area contributed by atoms with Crippen molar-refractivity contribution in [3.8, 4) is 11.5 Å². The Kier molecular flexibility index (Phi) is 6.61. The molecule has 0 unspecified atom stereocenters. The molecule has 1 N–H and O–H groups in total. The first kappa shape index (κ1) is 21.0. The van der Waals surface area contributed by atoms with Crippen LogP contribution in [0.1, 0.15) is 39.0 Å². The third-order valence-corrected chi connectivity index (χ3v) is 5.57. The third kappa shape index (κ3) is 4.81. The molecule has 2 atom stereocenters. The van der Waals surface area contributed by atoms with Crippen molar-refractivity contribution >= 4 is 23.5 Å². The third-order valence-electron chi connectivity index (χ3n) is 5.57. The minimum Gasteiger partial charge on any atom is -0.493 e. The van der Waals surface area contributed by atoms with Gasteiger partial charge in [0.2, 0.25) is 5.91 Å². The molecule has 8 heteroatoms. The van der Waals surface area contributed by atoms with Gasteiger partial charge >= 0.3 is 5.97 Å². The largest absolute Gasteiger partial charge is 0.493 e. The number of nitrogens with zero attached hydrogens (tertiary/aromatic N) is 1. The molecule has 0 radical (unpaired) electrons. The van der Waals surface area contributed by atoms with Crippen LogP contribution in [0.15, 0.2) is 18.2 Å². The summed E-state index contributed by atoms with van der Waals surface area (Å²) in [7, 11) is 3.03. The SMILES string of the molecule is COc1ccc(NC(=O)[C@H](C)OC(=O)[C@@H]2CC(=O)N(C3CCCC3)C2)cc1OC. The van der Waals surface area contributed by atoms with Gasteiger partial charge in [-0.1, -0.05) is 12.8 Å². The smallest absolute Gasteiger partial charge is 0.312 e. The van der Waals surface area contributed by atoms with E-state index in [9.17, 15) is 14.4 Å². The molecular weight excluding hydrogens is 376 g/mol. The van der Waals surface area contributed by atoms with E-state index in [4.69, 9.17) is 14.2 Å². The van der Waals surface area contributed by atoms with E-state index in [1.807, 2.05) is 4.90 Å². The van der Waals surface area contributed by atoms with Gasteiger partial charge < -0.3 is 24.4 Å². The molecule has 158 valence electrons. The van der Waals surface area contributed by atoms with E-state index >= 15 is 0 Å². The van der Waals surface area contributed by atoms with E-state index in [1.54, 1.807) is 18.2 Å². The second kappa shape index (κ2) is 9.15. The molecule has 0 aromatic heterocycles. The Morgan fingerprint density at radius 1 is 1.14 bits per heavy atom. The Hall–Kier alpha value is -2.77.